The van der Waals surface area contributed by atoms with Crippen LogP contribution in [0.15, 0.2) is 36.4 Å². The van der Waals surface area contributed by atoms with Crippen LogP contribution in [0.5, 0.6) is 5.75 Å². The van der Waals surface area contributed by atoms with Gasteiger partial charge < -0.3 is 19.9 Å². The number of hydrogen-bond acceptors (Lipinski definition) is 5. The van der Waals surface area contributed by atoms with Crippen molar-refractivity contribution in [3.05, 3.63) is 52.5 Å². The van der Waals surface area contributed by atoms with Gasteiger partial charge in [0.15, 0.2) is 5.82 Å². The SMILES string of the molecule is COc1cc(-c2cc(-c3nc4cc(Cl)ccc4[nH]3)[nH]n2)cc(CO)c1CO. The predicted octanol–water partition coefficient (Wildman–Crippen LogP) is 3.27. The number of aliphatic hydroxyl groups is 2. The van der Waals surface area contributed by atoms with E-state index in [2.05, 4.69) is 20.2 Å². The van der Waals surface area contributed by atoms with Crippen LogP contribution in [0.1, 0.15) is 11.1 Å². The van der Waals surface area contributed by atoms with Crippen LogP contribution >= 0.6 is 11.6 Å². The van der Waals surface area contributed by atoms with Crippen LogP contribution in [-0.4, -0.2) is 37.5 Å². The van der Waals surface area contributed by atoms with Gasteiger partial charge in [-0.1, -0.05) is 11.6 Å². The molecular formula is C19H17ClN4O3. The monoisotopic (exact) mass is 384 g/mol. The molecule has 0 atom stereocenters. The molecule has 0 spiro atoms. The van der Waals surface area contributed by atoms with Crippen LogP contribution in [0.4, 0.5) is 0 Å². The third-order valence-electron chi connectivity index (χ3n) is 4.42. The van der Waals surface area contributed by atoms with Crippen molar-refractivity contribution in [2.75, 3.05) is 7.11 Å². The number of ether oxygens (including phenoxy) is 1. The van der Waals surface area contributed by atoms with Crippen LogP contribution in [0, 0.1) is 0 Å². The molecule has 2 heterocycles. The number of aromatic nitrogens is 4. The van der Waals surface area contributed by atoms with Gasteiger partial charge in [0.25, 0.3) is 0 Å². The molecule has 0 radical (unpaired) electrons. The van der Waals surface area contributed by atoms with Gasteiger partial charge in [-0.2, -0.15) is 5.10 Å². The normalized spacial score (nSPS) is 11.3. The van der Waals surface area contributed by atoms with Gasteiger partial charge in [-0.3, -0.25) is 5.10 Å². The lowest BCUT2D eigenvalue weighted by Gasteiger charge is -2.12. The largest absolute Gasteiger partial charge is 0.496 e. The first-order valence-corrected chi connectivity index (χ1v) is 8.63. The van der Waals surface area contributed by atoms with E-state index in [-0.39, 0.29) is 13.2 Å². The Morgan fingerprint density at radius 2 is 1.96 bits per heavy atom. The van der Waals surface area contributed by atoms with E-state index in [0.717, 1.165) is 16.6 Å². The standard InChI is InChI=1S/C19H17ClN4O3/c1-27-18-5-10(4-11(8-25)13(18)9-26)15-7-17(24-23-15)19-21-14-3-2-12(20)6-16(14)22-19/h2-7,25-26H,8-9H2,1H3,(H,21,22)(H,23,24). The van der Waals surface area contributed by atoms with Crippen LogP contribution in [-0.2, 0) is 13.2 Å². The van der Waals surface area contributed by atoms with E-state index in [1.807, 2.05) is 12.1 Å². The predicted molar refractivity (Wildman–Crippen MR) is 103 cm³/mol. The highest BCUT2D eigenvalue weighted by Gasteiger charge is 2.15. The molecule has 7 nitrogen and oxygen atoms in total. The topological polar surface area (TPSA) is 107 Å². The fraction of sp³-hybridized carbons (Fsp3) is 0.158. The molecule has 8 heteroatoms. The smallest absolute Gasteiger partial charge is 0.156 e. The number of aliphatic hydroxyl groups excluding tert-OH is 2. The summed E-state index contributed by atoms with van der Waals surface area (Å²) in [6, 6.07) is 10.9. The summed E-state index contributed by atoms with van der Waals surface area (Å²) >= 11 is 6.02. The fourth-order valence-corrected chi connectivity index (χ4v) is 3.22. The number of fused-ring (bicyclic) bond motifs is 1. The van der Waals surface area contributed by atoms with E-state index in [1.54, 1.807) is 24.3 Å². The first-order valence-electron chi connectivity index (χ1n) is 8.26. The summed E-state index contributed by atoms with van der Waals surface area (Å²) in [6.45, 7) is -0.422. The minimum Gasteiger partial charge on any atom is -0.496 e. The van der Waals surface area contributed by atoms with E-state index in [9.17, 15) is 10.2 Å². The third-order valence-corrected chi connectivity index (χ3v) is 4.66. The fourth-order valence-electron chi connectivity index (χ4n) is 3.05. The number of methoxy groups -OCH3 is 1. The average molecular weight is 385 g/mol. The summed E-state index contributed by atoms with van der Waals surface area (Å²) in [5.74, 6) is 1.15. The first kappa shape index (κ1) is 17.5. The van der Waals surface area contributed by atoms with Gasteiger partial charge in [-0.05, 0) is 42.0 Å². The van der Waals surface area contributed by atoms with E-state index >= 15 is 0 Å². The second-order valence-electron chi connectivity index (χ2n) is 6.05. The molecule has 27 heavy (non-hydrogen) atoms. The molecule has 0 bridgehead atoms. The van der Waals surface area contributed by atoms with E-state index in [0.29, 0.717) is 39.1 Å². The Morgan fingerprint density at radius 1 is 1.11 bits per heavy atom. The van der Waals surface area contributed by atoms with Gasteiger partial charge in [0, 0.05) is 16.1 Å². The van der Waals surface area contributed by atoms with Crippen molar-refractivity contribution in [2.24, 2.45) is 0 Å². The molecule has 2 aromatic carbocycles. The second-order valence-corrected chi connectivity index (χ2v) is 6.48. The van der Waals surface area contributed by atoms with Gasteiger partial charge in [0.2, 0.25) is 0 Å². The summed E-state index contributed by atoms with van der Waals surface area (Å²) in [5, 5.41) is 27.1. The summed E-state index contributed by atoms with van der Waals surface area (Å²) < 4.78 is 5.34. The zero-order valence-corrected chi connectivity index (χ0v) is 15.2. The summed E-state index contributed by atoms with van der Waals surface area (Å²) in [4.78, 5) is 7.77. The van der Waals surface area contributed by atoms with E-state index < -0.39 is 0 Å². The molecule has 0 saturated carbocycles. The highest BCUT2D eigenvalue weighted by Crippen LogP contribution is 2.31. The van der Waals surface area contributed by atoms with Gasteiger partial charge >= 0.3 is 0 Å². The summed E-state index contributed by atoms with van der Waals surface area (Å²) in [6.07, 6.45) is 0. The average Bonchev–Trinajstić information content (AvgIpc) is 3.33. The number of imidazole rings is 1. The van der Waals surface area contributed by atoms with Crippen molar-refractivity contribution >= 4 is 22.6 Å². The maximum absolute atomic E-state index is 9.61. The molecule has 4 rings (SSSR count). The van der Waals surface area contributed by atoms with Crippen molar-refractivity contribution < 1.29 is 14.9 Å². The number of rotatable bonds is 5. The van der Waals surface area contributed by atoms with Gasteiger partial charge in [0.1, 0.15) is 11.4 Å². The number of aromatic amines is 2. The quantitative estimate of drug-likeness (QED) is 0.422. The lowest BCUT2D eigenvalue weighted by molar-refractivity contribution is 0.254. The highest BCUT2D eigenvalue weighted by molar-refractivity contribution is 6.31. The molecular weight excluding hydrogens is 368 g/mol. The number of nitrogens with one attached hydrogen (secondary N) is 2. The molecule has 0 fully saturated rings. The first-order chi connectivity index (χ1) is 13.1. The summed E-state index contributed by atoms with van der Waals surface area (Å²) in [7, 11) is 1.52. The molecule has 0 aliphatic carbocycles. The summed E-state index contributed by atoms with van der Waals surface area (Å²) in [5.41, 5.74) is 4.94. The Labute approximate surface area is 159 Å². The molecule has 2 aromatic heterocycles. The zero-order chi connectivity index (χ0) is 19.0. The number of hydrogen-bond donors (Lipinski definition) is 4. The van der Waals surface area contributed by atoms with Crippen LogP contribution < -0.4 is 4.74 Å². The molecule has 138 valence electrons. The Bertz CT molecular complexity index is 1090. The van der Waals surface area contributed by atoms with Crippen molar-refractivity contribution in [1.82, 2.24) is 20.2 Å². The number of benzene rings is 2. The van der Waals surface area contributed by atoms with Gasteiger partial charge in [-0.25, -0.2) is 4.98 Å². The molecule has 0 aliphatic rings. The molecule has 0 saturated heterocycles. The molecule has 0 amide bonds. The number of nitrogens with zero attached hydrogens (tertiary/aromatic N) is 2. The maximum Gasteiger partial charge on any atom is 0.156 e. The van der Waals surface area contributed by atoms with Crippen LogP contribution in [0.2, 0.25) is 5.02 Å². The number of halogens is 1. The minimum absolute atomic E-state index is 0.207. The van der Waals surface area contributed by atoms with E-state index in [4.69, 9.17) is 16.3 Å². The lowest BCUT2D eigenvalue weighted by atomic mass is 10.0. The van der Waals surface area contributed by atoms with Gasteiger partial charge in [0.05, 0.1) is 37.1 Å². The van der Waals surface area contributed by atoms with Gasteiger partial charge in [-0.15, -0.1) is 0 Å². The Morgan fingerprint density at radius 3 is 2.70 bits per heavy atom. The third kappa shape index (κ3) is 3.16. The number of H-pyrrole nitrogens is 2. The Hall–Kier alpha value is -2.87. The molecule has 0 aliphatic heterocycles. The van der Waals surface area contributed by atoms with Crippen LogP contribution in [0.3, 0.4) is 0 Å². The molecule has 0 unspecified atom stereocenters. The lowest BCUT2D eigenvalue weighted by Crippen LogP contribution is -1.99. The maximum atomic E-state index is 9.61. The molecule has 4 aromatic rings. The Kier molecular flexibility index (Phi) is 4.57. The zero-order valence-electron chi connectivity index (χ0n) is 14.5. The van der Waals surface area contributed by atoms with Crippen molar-refractivity contribution in [2.45, 2.75) is 13.2 Å². The second kappa shape index (κ2) is 7.03. The Balaban J connectivity index is 1.75. The molecule has 4 N–H and O–H groups in total. The van der Waals surface area contributed by atoms with E-state index in [1.165, 1.54) is 7.11 Å². The van der Waals surface area contributed by atoms with Crippen molar-refractivity contribution in [3.8, 4) is 28.5 Å². The van der Waals surface area contributed by atoms with Crippen molar-refractivity contribution in [3.63, 3.8) is 0 Å². The van der Waals surface area contributed by atoms with Crippen LogP contribution in [0.25, 0.3) is 33.8 Å². The highest BCUT2D eigenvalue weighted by atomic mass is 35.5. The van der Waals surface area contributed by atoms with Crippen molar-refractivity contribution in [1.29, 1.82) is 0 Å². The minimum atomic E-state index is -0.216.